The number of hydrogen-bond donors (Lipinski definition) is 1. The fourth-order valence-electron chi connectivity index (χ4n) is 2.40. The summed E-state index contributed by atoms with van der Waals surface area (Å²) in [4.78, 5) is 0. The lowest BCUT2D eigenvalue weighted by molar-refractivity contribution is 0.318. The number of thioether (sulfide) groups is 1. The predicted octanol–water partition coefficient (Wildman–Crippen LogP) is 3.29. The standard InChI is InChI=1S/C19H21FN4O2S/c1-25-16-7-3-14(4-8-16)13-18-22-23-19(24(18)21)27-12-2-11-26-17-9-5-15(20)6-10-17/h3-10H,2,11-13,21H2,1H3. The van der Waals surface area contributed by atoms with E-state index < -0.39 is 0 Å². The van der Waals surface area contributed by atoms with E-state index in [0.29, 0.717) is 29.8 Å². The van der Waals surface area contributed by atoms with Gasteiger partial charge in [-0.3, -0.25) is 0 Å². The van der Waals surface area contributed by atoms with E-state index >= 15 is 0 Å². The van der Waals surface area contributed by atoms with E-state index in [0.717, 1.165) is 23.5 Å². The van der Waals surface area contributed by atoms with E-state index in [9.17, 15) is 4.39 Å². The van der Waals surface area contributed by atoms with Gasteiger partial charge in [-0.15, -0.1) is 10.2 Å². The van der Waals surface area contributed by atoms with Crippen LogP contribution in [-0.4, -0.2) is 34.3 Å². The Bertz CT molecular complexity index is 853. The number of benzene rings is 2. The molecule has 0 aliphatic heterocycles. The Morgan fingerprint density at radius 2 is 1.74 bits per heavy atom. The van der Waals surface area contributed by atoms with Gasteiger partial charge in [0.15, 0.2) is 5.82 Å². The van der Waals surface area contributed by atoms with Crippen molar-refractivity contribution >= 4 is 11.8 Å². The lowest BCUT2D eigenvalue weighted by atomic mass is 10.1. The first-order valence-electron chi connectivity index (χ1n) is 8.49. The molecule has 0 bridgehead atoms. The number of hydrogen-bond acceptors (Lipinski definition) is 6. The van der Waals surface area contributed by atoms with Gasteiger partial charge in [-0.2, -0.15) is 0 Å². The van der Waals surface area contributed by atoms with Crippen molar-refractivity contribution in [1.82, 2.24) is 14.9 Å². The summed E-state index contributed by atoms with van der Waals surface area (Å²) >= 11 is 1.53. The van der Waals surface area contributed by atoms with Crippen molar-refractivity contribution in [3.8, 4) is 11.5 Å². The van der Waals surface area contributed by atoms with E-state index in [-0.39, 0.29) is 5.82 Å². The molecule has 1 aromatic heterocycles. The Kier molecular flexibility index (Phi) is 6.54. The molecule has 27 heavy (non-hydrogen) atoms. The molecule has 0 unspecified atom stereocenters. The van der Waals surface area contributed by atoms with Crippen molar-refractivity contribution in [3.05, 3.63) is 65.7 Å². The maximum atomic E-state index is 12.8. The van der Waals surface area contributed by atoms with Crippen molar-refractivity contribution in [2.24, 2.45) is 0 Å². The summed E-state index contributed by atoms with van der Waals surface area (Å²) in [6.45, 7) is 0.538. The van der Waals surface area contributed by atoms with Gasteiger partial charge in [-0.1, -0.05) is 23.9 Å². The number of methoxy groups -OCH3 is 1. The van der Waals surface area contributed by atoms with Crippen molar-refractivity contribution in [2.75, 3.05) is 25.3 Å². The zero-order chi connectivity index (χ0) is 19.1. The molecular formula is C19H21FN4O2S. The van der Waals surface area contributed by atoms with Crippen LogP contribution in [0.5, 0.6) is 11.5 Å². The van der Waals surface area contributed by atoms with Crippen molar-refractivity contribution in [1.29, 1.82) is 0 Å². The van der Waals surface area contributed by atoms with Crippen LogP contribution < -0.4 is 15.3 Å². The van der Waals surface area contributed by atoms with Crippen LogP contribution in [0.3, 0.4) is 0 Å². The normalized spacial score (nSPS) is 10.7. The number of rotatable bonds is 9. The summed E-state index contributed by atoms with van der Waals surface area (Å²) < 4.78 is 25.1. The van der Waals surface area contributed by atoms with Gasteiger partial charge < -0.3 is 15.3 Å². The molecule has 2 aromatic carbocycles. The number of nitrogen functional groups attached to an aromatic ring is 1. The molecule has 6 nitrogen and oxygen atoms in total. The minimum Gasteiger partial charge on any atom is -0.497 e. The molecule has 2 N–H and O–H groups in total. The average Bonchev–Trinajstić information content (AvgIpc) is 3.03. The highest BCUT2D eigenvalue weighted by Gasteiger charge is 2.11. The van der Waals surface area contributed by atoms with Crippen molar-refractivity contribution in [2.45, 2.75) is 18.0 Å². The van der Waals surface area contributed by atoms with E-state index in [4.69, 9.17) is 15.3 Å². The second-order valence-corrected chi connectivity index (χ2v) is 6.86. The molecule has 0 spiro atoms. The summed E-state index contributed by atoms with van der Waals surface area (Å²) in [6, 6.07) is 13.8. The average molecular weight is 388 g/mol. The number of aromatic nitrogens is 3. The van der Waals surface area contributed by atoms with E-state index in [1.54, 1.807) is 19.2 Å². The maximum Gasteiger partial charge on any atom is 0.209 e. The highest BCUT2D eigenvalue weighted by atomic mass is 32.2. The zero-order valence-electron chi connectivity index (χ0n) is 15.0. The van der Waals surface area contributed by atoms with Gasteiger partial charge in [0.1, 0.15) is 17.3 Å². The van der Waals surface area contributed by atoms with Gasteiger partial charge >= 0.3 is 0 Å². The fraction of sp³-hybridized carbons (Fsp3) is 0.263. The number of nitrogens with zero attached hydrogens (tertiary/aromatic N) is 3. The van der Waals surface area contributed by atoms with E-state index in [2.05, 4.69) is 10.2 Å². The molecule has 1 heterocycles. The minimum absolute atomic E-state index is 0.273. The molecule has 0 aliphatic rings. The van der Waals surface area contributed by atoms with Crippen LogP contribution in [0.4, 0.5) is 4.39 Å². The van der Waals surface area contributed by atoms with Crippen LogP contribution in [0.25, 0.3) is 0 Å². The summed E-state index contributed by atoms with van der Waals surface area (Å²) in [5.41, 5.74) is 1.08. The van der Waals surface area contributed by atoms with Crippen LogP contribution in [-0.2, 0) is 6.42 Å². The van der Waals surface area contributed by atoms with Gasteiger partial charge in [0.25, 0.3) is 0 Å². The minimum atomic E-state index is -0.273. The van der Waals surface area contributed by atoms with Gasteiger partial charge in [0.2, 0.25) is 5.16 Å². The Hall–Kier alpha value is -2.74. The molecular weight excluding hydrogens is 367 g/mol. The first-order chi connectivity index (χ1) is 13.2. The Labute approximate surface area is 161 Å². The first-order valence-corrected chi connectivity index (χ1v) is 9.48. The quantitative estimate of drug-likeness (QED) is 0.344. The highest BCUT2D eigenvalue weighted by molar-refractivity contribution is 7.99. The lowest BCUT2D eigenvalue weighted by Crippen LogP contribution is -2.14. The first kappa shape index (κ1) is 19.0. The summed E-state index contributed by atoms with van der Waals surface area (Å²) in [5.74, 6) is 8.79. The molecule has 8 heteroatoms. The van der Waals surface area contributed by atoms with E-state index in [1.807, 2.05) is 24.3 Å². The van der Waals surface area contributed by atoms with Crippen molar-refractivity contribution in [3.63, 3.8) is 0 Å². The molecule has 3 aromatic rings. The van der Waals surface area contributed by atoms with Gasteiger partial charge in [-0.05, 0) is 48.4 Å². The summed E-state index contributed by atoms with van der Waals surface area (Å²) in [7, 11) is 1.64. The Morgan fingerprint density at radius 1 is 1.04 bits per heavy atom. The zero-order valence-corrected chi connectivity index (χ0v) is 15.8. The Morgan fingerprint density at radius 3 is 2.44 bits per heavy atom. The van der Waals surface area contributed by atoms with Crippen LogP contribution >= 0.6 is 11.8 Å². The maximum absolute atomic E-state index is 12.8. The van der Waals surface area contributed by atoms with Gasteiger partial charge in [-0.25, -0.2) is 9.07 Å². The molecule has 0 radical (unpaired) electrons. The smallest absolute Gasteiger partial charge is 0.209 e. The summed E-state index contributed by atoms with van der Waals surface area (Å²) in [5, 5.41) is 9.00. The number of nitrogens with two attached hydrogens (primary N) is 1. The number of ether oxygens (including phenoxy) is 2. The second-order valence-electron chi connectivity index (χ2n) is 5.80. The molecule has 0 fully saturated rings. The monoisotopic (exact) mass is 388 g/mol. The lowest BCUT2D eigenvalue weighted by Gasteiger charge is -2.06. The predicted molar refractivity (Wildman–Crippen MR) is 103 cm³/mol. The third-order valence-corrected chi connectivity index (χ3v) is 4.89. The van der Waals surface area contributed by atoms with Crippen molar-refractivity contribution < 1.29 is 13.9 Å². The van der Waals surface area contributed by atoms with Crippen LogP contribution in [0.1, 0.15) is 17.8 Å². The molecule has 3 rings (SSSR count). The largest absolute Gasteiger partial charge is 0.497 e. The molecule has 0 saturated carbocycles. The van der Waals surface area contributed by atoms with Gasteiger partial charge in [0, 0.05) is 12.2 Å². The molecule has 142 valence electrons. The summed E-state index contributed by atoms with van der Waals surface area (Å²) in [6.07, 6.45) is 1.41. The highest BCUT2D eigenvalue weighted by Crippen LogP contribution is 2.19. The van der Waals surface area contributed by atoms with Gasteiger partial charge in [0.05, 0.1) is 13.7 Å². The van der Waals surface area contributed by atoms with Crippen LogP contribution in [0.15, 0.2) is 53.7 Å². The SMILES string of the molecule is COc1ccc(Cc2nnc(SCCCOc3ccc(F)cc3)n2N)cc1. The van der Waals surface area contributed by atoms with Crippen LogP contribution in [0, 0.1) is 5.82 Å². The molecule has 0 saturated heterocycles. The molecule has 0 atom stereocenters. The molecule has 0 aliphatic carbocycles. The second kappa shape index (κ2) is 9.27. The van der Waals surface area contributed by atoms with E-state index in [1.165, 1.54) is 28.6 Å². The third-order valence-electron chi connectivity index (χ3n) is 3.86. The molecule has 0 amide bonds. The van der Waals surface area contributed by atoms with Crippen LogP contribution in [0.2, 0.25) is 0 Å². The third kappa shape index (κ3) is 5.37. The fourth-order valence-corrected chi connectivity index (χ4v) is 3.18. The Balaban J connectivity index is 1.44. The number of halogens is 1. The topological polar surface area (TPSA) is 75.2 Å².